The molecule has 18 nitrogen and oxygen atoms in total. The number of rotatable bonds is 7. The standard InChI is InChI=1S/C21H25N5O4S.C16H21N3O4S.C5H5ClN2/c1-12(2)18-19-24-15-10-14(20(27)30-4)17(31(5,28)29)11-16(15)25(19)8-9-26(18)21-22-7-6-13(3)23-21;1-9(2)14-15-18-11-7-10(16(20)23-3)13(24(4,21)22)8-12(11)19(15)6-5-17-14;1-4-2-3-7-5(6)8-4/h6-7,10-12,18H,8-9H2,1-5H3;7-9,14,17H,5-6H2,1-4H3;2-3H,1H3/t18-;14-;/m11./s1. The molecule has 2 aromatic carbocycles. The molecule has 8 rings (SSSR count). The molecular formula is C42H51ClN10O8S2. The van der Waals surface area contributed by atoms with Gasteiger partial charge in [0.05, 0.1) is 69.3 Å². The third-order valence-electron chi connectivity index (χ3n) is 10.6. The van der Waals surface area contributed by atoms with Crippen molar-refractivity contribution < 1.29 is 35.9 Å². The molecule has 2 aliphatic heterocycles. The van der Waals surface area contributed by atoms with E-state index in [9.17, 15) is 26.4 Å². The number of fused-ring (bicyclic) bond motifs is 6. The zero-order chi connectivity index (χ0) is 46.1. The van der Waals surface area contributed by atoms with Crippen molar-refractivity contribution in [3.05, 3.63) is 88.2 Å². The summed E-state index contributed by atoms with van der Waals surface area (Å²) in [5, 5.41) is 3.75. The van der Waals surface area contributed by atoms with E-state index < -0.39 is 31.6 Å². The van der Waals surface area contributed by atoms with E-state index in [-0.39, 0.29) is 38.9 Å². The molecule has 63 heavy (non-hydrogen) atoms. The highest BCUT2D eigenvalue weighted by Crippen LogP contribution is 2.37. The summed E-state index contributed by atoms with van der Waals surface area (Å²) in [7, 11) is -4.76. The van der Waals surface area contributed by atoms with Crippen LogP contribution in [0, 0.1) is 25.7 Å². The van der Waals surface area contributed by atoms with Crippen LogP contribution >= 0.6 is 11.6 Å². The minimum Gasteiger partial charge on any atom is -0.465 e. The number of esters is 2. The van der Waals surface area contributed by atoms with Crippen molar-refractivity contribution >= 4 is 71.2 Å². The monoisotopic (exact) mass is 922 g/mol. The molecule has 0 bridgehead atoms. The van der Waals surface area contributed by atoms with E-state index in [2.05, 4.69) is 62.8 Å². The van der Waals surface area contributed by atoms with Gasteiger partial charge in [0, 0.05) is 62.5 Å². The first kappa shape index (κ1) is 46.9. The Morgan fingerprint density at radius 2 is 1.22 bits per heavy atom. The predicted molar refractivity (Wildman–Crippen MR) is 237 cm³/mol. The molecule has 1 N–H and O–H groups in total. The molecule has 0 aliphatic carbocycles. The van der Waals surface area contributed by atoms with E-state index in [1.165, 1.54) is 38.5 Å². The highest BCUT2D eigenvalue weighted by molar-refractivity contribution is 7.91. The summed E-state index contributed by atoms with van der Waals surface area (Å²) in [5.41, 5.74) is 4.36. The average molecular weight is 924 g/mol. The summed E-state index contributed by atoms with van der Waals surface area (Å²) in [6.45, 7) is 14.9. The molecule has 21 heteroatoms. The zero-order valence-electron chi connectivity index (χ0n) is 36.7. The number of methoxy groups -OCH3 is 2. The van der Waals surface area contributed by atoms with E-state index in [1.54, 1.807) is 18.5 Å². The first-order chi connectivity index (χ1) is 29.6. The van der Waals surface area contributed by atoms with Crippen molar-refractivity contribution in [1.29, 1.82) is 0 Å². The Labute approximate surface area is 371 Å². The van der Waals surface area contributed by atoms with Gasteiger partial charge in [-0.15, -0.1) is 0 Å². The van der Waals surface area contributed by atoms with Crippen molar-refractivity contribution in [2.45, 2.75) is 76.5 Å². The van der Waals surface area contributed by atoms with Crippen LogP contribution in [0.25, 0.3) is 22.1 Å². The van der Waals surface area contributed by atoms with Gasteiger partial charge in [0.25, 0.3) is 0 Å². The number of sulfone groups is 2. The van der Waals surface area contributed by atoms with Gasteiger partial charge in [0.1, 0.15) is 11.6 Å². The summed E-state index contributed by atoms with van der Waals surface area (Å²) in [4.78, 5) is 52.4. The molecule has 0 saturated carbocycles. The number of imidazole rings is 2. The molecule has 0 unspecified atom stereocenters. The lowest BCUT2D eigenvalue weighted by Crippen LogP contribution is -2.41. The maximum absolute atomic E-state index is 12.4. The Kier molecular flexibility index (Phi) is 13.9. The Hall–Kier alpha value is -5.57. The molecule has 0 saturated heterocycles. The lowest BCUT2D eigenvalue weighted by atomic mass is 10.00. The normalized spacial score (nSPS) is 16.2. The van der Waals surface area contributed by atoms with Crippen LogP contribution in [0.4, 0.5) is 5.95 Å². The fourth-order valence-electron chi connectivity index (χ4n) is 7.74. The third-order valence-corrected chi connectivity index (χ3v) is 13.1. The van der Waals surface area contributed by atoms with Crippen LogP contribution in [0.2, 0.25) is 5.28 Å². The van der Waals surface area contributed by atoms with Gasteiger partial charge in [0.15, 0.2) is 19.7 Å². The number of hydrogen-bond acceptors (Lipinski definition) is 16. The molecule has 2 atom stereocenters. The van der Waals surface area contributed by atoms with Gasteiger partial charge in [-0.25, -0.2) is 56.3 Å². The number of carbonyl (C=O) groups is 2. The van der Waals surface area contributed by atoms with Crippen LogP contribution < -0.4 is 10.2 Å². The average Bonchev–Trinajstić information content (AvgIpc) is 3.78. The number of nitrogens with one attached hydrogen (secondary N) is 1. The Bertz CT molecular complexity index is 2920. The van der Waals surface area contributed by atoms with Crippen LogP contribution in [0.1, 0.15) is 83.5 Å². The van der Waals surface area contributed by atoms with Crippen molar-refractivity contribution in [1.82, 2.24) is 44.4 Å². The van der Waals surface area contributed by atoms with Gasteiger partial charge in [0.2, 0.25) is 11.2 Å². The lowest BCUT2D eigenvalue weighted by Gasteiger charge is -2.38. The first-order valence-corrected chi connectivity index (χ1v) is 24.2. The second-order valence-electron chi connectivity index (χ2n) is 16.0. The van der Waals surface area contributed by atoms with Gasteiger partial charge < -0.3 is 28.8 Å². The van der Waals surface area contributed by atoms with Crippen molar-refractivity contribution in [3.63, 3.8) is 0 Å². The summed E-state index contributed by atoms with van der Waals surface area (Å²) < 4.78 is 62.6. The number of halogens is 1. The van der Waals surface area contributed by atoms with E-state index in [4.69, 9.17) is 26.1 Å². The molecule has 6 aromatic rings. The molecule has 0 radical (unpaired) electrons. The number of hydrogen-bond donors (Lipinski definition) is 1. The molecule has 0 fully saturated rings. The van der Waals surface area contributed by atoms with E-state index in [0.29, 0.717) is 53.3 Å². The summed E-state index contributed by atoms with van der Waals surface area (Å²) in [6, 6.07) is 9.73. The molecular weight excluding hydrogens is 872 g/mol. The smallest absolute Gasteiger partial charge is 0.339 e. The van der Waals surface area contributed by atoms with E-state index in [1.807, 2.05) is 29.0 Å². The molecule has 6 heterocycles. The molecule has 0 spiro atoms. The largest absolute Gasteiger partial charge is 0.465 e. The molecule has 2 aliphatic rings. The molecule has 0 amide bonds. The van der Waals surface area contributed by atoms with E-state index in [0.717, 1.165) is 47.6 Å². The fraction of sp³-hybridized carbons (Fsp3) is 0.429. The highest BCUT2D eigenvalue weighted by Gasteiger charge is 2.36. The second-order valence-corrected chi connectivity index (χ2v) is 20.3. The van der Waals surface area contributed by atoms with Crippen LogP contribution in [-0.4, -0.2) is 108 Å². The van der Waals surface area contributed by atoms with Crippen LogP contribution in [0.5, 0.6) is 0 Å². The number of anilines is 1. The molecule has 336 valence electrons. The van der Waals surface area contributed by atoms with Gasteiger partial charge >= 0.3 is 11.9 Å². The van der Waals surface area contributed by atoms with Gasteiger partial charge in [-0.1, -0.05) is 27.7 Å². The summed E-state index contributed by atoms with van der Waals surface area (Å²) >= 11 is 5.42. The summed E-state index contributed by atoms with van der Waals surface area (Å²) in [5.74, 6) is 1.45. The van der Waals surface area contributed by atoms with Crippen LogP contribution in [0.3, 0.4) is 0 Å². The maximum atomic E-state index is 12.4. The van der Waals surface area contributed by atoms with Crippen LogP contribution in [0.15, 0.2) is 58.6 Å². The summed E-state index contributed by atoms with van der Waals surface area (Å²) in [6.07, 6.45) is 5.55. The maximum Gasteiger partial charge on any atom is 0.339 e. The SMILES string of the molecule is COC(=O)c1cc2nc3n(c2cc1S(C)(=O)=O)CCN(c1nccc(C)n1)[C@@H]3C(C)C.COC(=O)c1cc2nc3n(c2cc1S(C)(=O)=O)CCN[C@@H]3C(C)C.Cc1ccnc(Cl)n1. The topological polar surface area (TPSA) is 223 Å². The number of carbonyl (C=O) groups excluding carboxylic acids is 2. The molecule has 4 aromatic heterocycles. The van der Waals surface area contributed by atoms with E-state index >= 15 is 0 Å². The Balaban J connectivity index is 0.000000182. The number of ether oxygens (including phenoxy) is 2. The van der Waals surface area contributed by atoms with Crippen LogP contribution in [-0.2, 0) is 42.2 Å². The number of benzene rings is 2. The quantitative estimate of drug-likeness (QED) is 0.154. The Morgan fingerprint density at radius 1 is 0.714 bits per heavy atom. The number of aromatic nitrogens is 8. The van der Waals surface area contributed by atoms with Gasteiger partial charge in [-0.05, 0) is 73.7 Å². The van der Waals surface area contributed by atoms with Gasteiger partial charge in [-0.2, -0.15) is 0 Å². The zero-order valence-corrected chi connectivity index (χ0v) is 39.1. The lowest BCUT2D eigenvalue weighted by molar-refractivity contribution is 0.0588. The number of aryl methyl sites for hydroxylation is 2. The predicted octanol–water partition coefficient (Wildman–Crippen LogP) is 5.51. The van der Waals surface area contributed by atoms with Crippen molar-refractivity contribution in [2.24, 2.45) is 11.8 Å². The third kappa shape index (κ3) is 9.98. The fourth-order valence-corrected chi connectivity index (χ4v) is 9.67. The number of nitrogens with zero attached hydrogens (tertiary/aromatic N) is 9. The highest BCUT2D eigenvalue weighted by atomic mass is 35.5. The van der Waals surface area contributed by atoms with Gasteiger partial charge in [-0.3, -0.25) is 0 Å². The Morgan fingerprint density at radius 3 is 1.67 bits per heavy atom. The minimum atomic E-state index is -3.65. The first-order valence-electron chi connectivity index (χ1n) is 20.0. The van der Waals surface area contributed by atoms with Crippen molar-refractivity contribution in [3.8, 4) is 0 Å². The van der Waals surface area contributed by atoms with Crippen molar-refractivity contribution in [2.75, 3.05) is 44.7 Å². The second kappa shape index (κ2) is 18.6. The minimum absolute atomic E-state index is 0.00656.